The number of hydrogen-bond donors (Lipinski definition) is 2. The first kappa shape index (κ1) is 17.6. The maximum absolute atomic E-state index is 5.78. The van der Waals surface area contributed by atoms with Crippen molar-refractivity contribution >= 4 is 17.5 Å². The number of likely N-dealkylation sites (N-methyl/N-ethyl adjacent to an activating group) is 1. The van der Waals surface area contributed by atoms with E-state index in [4.69, 9.17) is 4.74 Å². The van der Waals surface area contributed by atoms with Gasteiger partial charge >= 0.3 is 0 Å². The molecule has 0 amide bonds. The molecule has 0 aliphatic heterocycles. The molecule has 0 aliphatic carbocycles. The normalized spacial score (nSPS) is 10.6. The summed E-state index contributed by atoms with van der Waals surface area (Å²) in [6, 6.07) is 17.3. The van der Waals surface area contributed by atoms with Crippen molar-refractivity contribution in [3.8, 4) is 11.5 Å². The summed E-state index contributed by atoms with van der Waals surface area (Å²) < 4.78 is 5.78. The SMILES string of the molecule is CN(C)CCNc1cnnc(Nc2ccc(Oc3ccccc3)cc2)n1. The van der Waals surface area contributed by atoms with Crippen LogP contribution in [0.1, 0.15) is 0 Å². The van der Waals surface area contributed by atoms with Gasteiger partial charge in [0, 0.05) is 18.8 Å². The van der Waals surface area contributed by atoms with E-state index >= 15 is 0 Å². The van der Waals surface area contributed by atoms with E-state index in [0.29, 0.717) is 11.8 Å². The first-order chi connectivity index (χ1) is 12.7. The number of rotatable bonds is 8. The van der Waals surface area contributed by atoms with E-state index in [2.05, 4.69) is 30.7 Å². The molecule has 7 heteroatoms. The van der Waals surface area contributed by atoms with E-state index < -0.39 is 0 Å². The molecule has 0 radical (unpaired) electrons. The van der Waals surface area contributed by atoms with Gasteiger partial charge in [-0.05, 0) is 50.5 Å². The number of benzene rings is 2. The quantitative estimate of drug-likeness (QED) is 0.645. The fraction of sp³-hybridized carbons (Fsp3) is 0.211. The van der Waals surface area contributed by atoms with Crippen molar-refractivity contribution in [2.24, 2.45) is 0 Å². The van der Waals surface area contributed by atoms with Crippen LogP contribution in [0.2, 0.25) is 0 Å². The van der Waals surface area contributed by atoms with E-state index in [9.17, 15) is 0 Å². The lowest BCUT2D eigenvalue weighted by Gasteiger charge is -2.11. The molecular formula is C19H22N6O. The first-order valence-corrected chi connectivity index (χ1v) is 8.37. The highest BCUT2D eigenvalue weighted by Gasteiger charge is 2.03. The van der Waals surface area contributed by atoms with Crippen LogP contribution in [0.15, 0.2) is 60.8 Å². The molecule has 0 fully saturated rings. The lowest BCUT2D eigenvalue weighted by atomic mass is 10.3. The minimum Gasteiger partial charge on any atom is -0.457 e. The Kier molecular flexibility index (Phi) is 5.95. The van der Waals surface area contributed by atoms with Crippen LogP contribution < -0.4 is 15.4 Å². The molecule has 0 saturated carbocycles. The Morgan fingerprint density at radius 2 is 1.69 bits per heavy atom. The Morgan fingerprint density at radius 1 is 0.962 bits per heavy atom. The highest BCUT2D eigenvalue weighted by atomic mass is 16.5. The second-order valence-electron chi connectivity index (χ2n) is 5.96. The van der Waals surface area contributed by atoms with Crippen molar-refractivity contribution in [2.45, 2.75) is 0 Å². The number of nitrogens with one attached hydrogen (secondary N) is 2. The molecule has 0 bridgehead atoms. The Balaban J connectivity index is 1.58. The van der Waals surface area contributed by atoms with Gasteiger partial charge in [-0.1, -0.05) is 18.2 Å². The number of hydrogen-bond acceptors (Lipinski definition) is 7. The number of ether oxygens (including phenoxy) is 1. The number of aromatic nitrogens is 3. The molecule has 0 spiro atoms. The van der Waals surface area contributed by atoms with Gasteiger partial charge < -0.3 is 20.3 Å². The van der Waals surface area contributed by atoms with Crippen LogP contribution in [0, 0.1) is 0 Å². The summed E-state index contributed by atoms with van der Waals surface area (Å²) in [5.74, 6) is 2.70. The maximum Gasteiger partial charge on any atom is 0.249 e. The lowest BCUT2D eigenvalue weighted by Crippen LogP contribution is -2.21. The van der Waals surface area contributed by atoms with Crippen LogP contribution in [-0.2, 0) is 0 Å². The molecule has 0 unspecified atom stereocenters. The topological polar surface area (TPSA) is 75.2 Å². The van der Waals surface area contributed by atoms with Gasteiger partial charge in [-0.25, -0.2) is 0 Å². The van der Waals surface area contributed by atoms with Crippen LogP contribution in [0.5, 0.6) is 11.5 Å². The van der Waals surface area contributed by atoms with Crippen LogP contribution in [-0.4, -0.2) is 47.3 Å². The third-order valence-corrected chi connectivity index (χ3v) is 3.51. The summed E-state index contributed by atoms with van der Waals surface area (Å²) in [6.07, 6.45) is 1.61. The summed E-state index contributed by atoms with van der Waals surface area (Å²) in [7, 11) is 4.05. The minimum atomic E-state index is 0.441. The number of nitrogens with zero attached hydrogens (tertiary/aromatic N) is 4. The van der Waals surface area contributed by atoms with Gasteiger partial charge in [0.1, 0.15) is 11.5 Å². The highest BCUT2D eigenvalue weighted by molar-refractivity contribution is 5.55. The van der Waals surface area contributed by atoms with Gasteiger partial charge in [-0.2, -0.15) is 10.1 Å². The molecule has 0 atom stereocenters. The third-order valence-electron chi connectivity index (χ3n) is 3.51. The van der Waals surface area contributed by atoms with Crippen LogP contribution in [0.25, 0.3) is 0 Å². The van der Waals surface area contributed by atoms with Gasteiger partial charge in [-0.15, -0.1) is 5.10 Å². The summed E-state index contributed by atoms with van der Waals surface area (Å²) in [6.45, 7) is 1.70. The molecule has 1 heterocycles. The predicted molar refractivity (Wildman–Crippen MR) is 103 cm³/mol. The van der Waals surface area contributed by atoms with Crippen molar-refractivity contribution in [1.29, 1.82) is 0 Å². The Morgan fingerprint density at radius 3 is 2.42 bits per heavy atom. The predicted octanol–water partition coefficient (Wildman–Crippen LogP) is 3.38. The standard InChI is InChI=1S/C19H22N6O/c1-25(2)13-12-20-18-14-21-24-19(23-18)22-15-8-10-17(11-9-15)26-16-6-4-3-5-7-16/h3-11,14H,12-13H2,1-2H3,(H2,20,22,23,24). The second-order valence-corrected chi connectivity index (χ2v) is 5.96. The van der Waals surface area contributed by atoms with Crippen molar-refractivity contribution in [3.05, 3.63) is 60.8 Å². The average Bonchev–Trinajstić information content (AvgIpc) is 2.64. The van der Waals surface area contributed by atoms with Gasteiger partial charge in [0.2, 0.25) is 5.95 Å². The molecular weight excluding hydrogens is 328 g/mol. The van der Waals surface area contributed by atoms with Gasteiger partial charge in [-0.3, -0.25) is 0 Å². The molecule has 0 aliphatic rings. The zero-order valence-electron chi connectivity index (χ0n) is 14.9. The fourth-order valence-electron chi connectivity index (χ4n) is 2.21. The Bertz CT molecular complexity index is 808. The first-order valence-electron chi connectivity index (χ1n) is 8.37. The average molecular weight is 350 g/mol. The van der Waals surface area contributed by atoms with Crippen LogP contribution in [0.3, 0.4) is 0 Å². The van der Waals surface area contributed by atoms with Gasteiger partial charge in [0.05, 0.1) is 6.20 Å². The van der Waals surface area contributed by atoms with E-state index in [-0.39, 0.29) is 0 Å². The maximum atomic E-state index is 5.78. The van der Waals surface area contributed by atoms with Gasteiger partial charge in [0.25, 0.3) is 0 Å². The van der Waals surface area contributed by atoms with Crippen molar-refractivity contribution in [2.75, 3.05) is 37.8 Å². The highest BCUT2D eigenvalue weighted by Crippen LogP contribution is 2.23. The van der Waals surface area contributed by atoms with Crippen molar-refractivity contribution < 1.29 is 4.74 Å². The monoisotopic (exact) mass is 350 g/mol. The summed E-state index contributed by atoms with van der Waals surface area (Å²) in [5.41, 5.74) is 0.859. The largest absolute Gasteiger partial charge is 0.457 e. The molecule has 134 valence electrons. The molecule has 26 heavy (non-hydrogen) atoms. The van der Waals surface area contributed by atoms with Crippen LogP contribution >= 0.6 is 0 Å². The Labute approximate surface area is 153 Å². The molecule has 1 aromatic heterocycles. The van der Waals surface area contributed by atoms with E-state index in [1.807, 2.05) is 68.7 Å². The van der Waals surface area contributed by atoms with Crippen molar-refractivity contribution in [1.82, 2.24) is 20.1 Å². The lowest BCUT2D eigenvalue weighted by molar-refractivity contribution is 0.425. The summed E-state index contributed by atoms with van der Waals surface area (Å²) in [4.78, 5) is 6.51. The Hall–Kier alpha value is -3.19. The van der Waals surface area contributed by atoms with Crippen LogP contribution in [0.4, 0.5) is 17.5 Å². The third kappa shape index (κ3) is 5.42. The zero-order chi connectivity index (χ0) is 18.2. The number of anilines is 3. The fourth-order valence-corrected chi connectivity index (χ4v) is 2.21. The molecule has 7 nitrogen and oxygen atoms in total. The van der Waals surface area contributed by atoms with E-state index in [0.717, 1.165) is 30.3 Å². The van der Waals surface area contributed by atoms with Gasteiger partial charge in [0.15, 0.2) is 5.82 Å². The van der Waals surface area contributed by atoms with E-state index in [1.54, 1.807) is 6.20 Å². The molecule has 2 aromatic carbocycles. The second kappa shape index (κ2) is 8.77. The van der Waals surface area contributed by atoms with Crippen molar-refractivity contribution in [3.63, 3.8) is 0 Å². The molecule has 3 aromatic rings. The minimum absolute atomic E-state index is 0.441. The zero-order valence-corrected chi connectivity index (χ0v) is 14.9. The summed E-state index contributed by atoms with van der Waals surface area (Å²) >= 11 is 0. The smallest absolute Gasteiger partial charge is 0.249 e. The summed E-state index contributed by atoms with van der Waals surface area (Å²) in [5, 5.41) is 14.4. The van der Waals surface area contributed by atoms with E-state index in [1.165, 1.54) is 0 Å². The molecule has 2 N–H and O–H groups in total. The molecule has 0 saturated heterocycles. The molecule has 3 rings (SSSR count). The number of para-hydroxylation sites is 1.